The van der Waals surface area contributed by atoms with E-state index in [-0.39, 0.29) is 17.3 Å². The predicted octanol–water partition coefficient (Wildman–Crippen LogP) is 1.59. The Bertz CT molecular complexity index is 1140. The molecule has 3 aromatic rings. The van der Waals surface area contributed by atoms with Gasteiger partial charge in [-0.05, 0) is 47.5 Å². The number of ether oxygens (including phenoxy) is 1. The van der Waals surface area contributed by atoms with E-state index in [1.165, 1.54) is 12.1 Å². The number of nitrogens with one attached hydrogen (secondary N) is 2. The number of carbonyl (C=O) groups excluding carboxylic acids is 1. The lowest BCUT2D eigenvalue weighted by Gasteiger charge is -2.05. The zero-order chi connectivity index (χ0) is 19.7. The van der Waals surface area contributed by atoms with Crippen LogP contribution in [0.1, 0.15) is 21.6 Å². The summed E-state index contributed by atoms with van der Waals surface area (Å²) in [6.07, 6.45) is 0.866. The number of nitrogens with zero attached hydrogens (tertiary/aromatic N) is 1. The summed E-state index contributed by atoms with van der Waals surface area (Å²) in [5.74, 6) is 0.587. The van der Waals surface area contributed by atoms with Gasteiger partial charge in [0, 0.05) is 18.5 Å². The van der Waals surface area contributed by atoms with Gasteiger partial charge in [-0.2, -0.15) is 5.10 Å². The number of hydrogen-bond acceptors (Lipinski definition) is 5. The number of aromatic amines is 1. The Kier molecular flexibility index (Phi) is 4.62. The van der Waals surface area contributed by atoms with Gasteiger partial charge in [0.15, 0.2) is 0 Å². The van der Waals surface area contributed by atoms with Crippen molar-refractivity contribution in [3.63, 3.8) is 0 Å². The second kappa shape index (κ2) is 7.10. The third kappa shape index (κ3) is 3.75. The minimum absolute atomic E-state index is 0.0283. The first-order valence-electron chi connectivity index (χ1n) is 8.61. The van der Waals surface area contributed by atoms with E-state index >= 15 is 0 Å². The summed E-state index contributed by atoms with van der Waals surface area (Å²) in [6.45, 7) is 0.930. The van der Waals surface area contributed by atoms with Gasteiger partial charge in [-0.3, -0.25) is 9.89 Å². The smallest absolute Gasteiger partial charge is 0.269 e. The summed E-state index contributed by atoms with van der Waals surface area (Å²) in [4.78, 5) is 12.4. The second-order valence-electron chi connectivity index (χ2n) is 6.46. The van der Waals surface area contributed by atoms with Crippen molar-refractivity contribution in [2.24, 2.45) is 5.14 Å². The molecule has 0 unspecified atom stereocenters. The monoisotopic (exact) mass is 398 g/mol. The Morgan fingerprint density at radius 2 is 1.96 bits per heavy atom. The number of H-pyrrole nitrogens is 1. The van der Waals surface area contributed by atoms with Crippen molar-refractivity contribution in [1.29, 1.82) is 0 Å². The lowest BCUT2D eigenvalue weighted by molar-refractivity contribution is 0.0946. The minimum atomic E-state index is -3.73. The molecular weight excluding hydrogens is 380 g/mol. The van der Waals surface area contributed by atoms with Gasteiger partial charge in [0.05, 0.1) is 17.2 Å². The average molecular weight is 398 g/mol. The van der Waals surface area contributed by atoms with E-state index in [2.05, 4.69) is 15.5 Å². The number of primary sulfonamides is 1. The number of carbonyl (C=O) groups is 1. The van der Waals surface area contributed by atoms with E-state index in [0.29, 0.717) is 18.0 Å². The van der Waals surface area contributed by atoms with Crippen LogP contribution in [-0.4, -0.2) is 31.1 Å². The Morgan fingerprint density at radius 1 is 1.18 bits per heavy atom. The van der Waals surface area contributed by atoms with Crippen molar-refractivity contribution in [3.05, 3.63) is 65.4 Å². The lowest BCUT2D eigenvalue weighted by Crippen LogP contribution is -2.23. The maximum absolute atomic E-state index is 12.4. The van der Waals surface area contributed by atoms with E-state index in [4.69, 9.17) is 9.88 Å². The van der Waals surface area contributed by atoms with Crippen LogP contribution < -0.4 is 15.2 Å². The molecular formula is C19H18N4O4S. The van der Waals surface area contributed by atoms with E-state index < -0.39 is 10.0 Å². The number of sulfonamides is 1. The fourth-order valence-corrected chi connectivity index (χ4v) is 3.52. The number of aromatic nitrogens is 2. The van der Waals surface area contributed by atoms with Crippen LogP contribution in [0.15, 0.2) is 53.4 Å². The molecule has 1 aromatic heterocycles. The maximum Gasteiger partial charge on any atom is 0.269 e. The average Bonchev–Trinajstić information content (AvgIpc) is 3.34. The molecule has 4 N–H and O–H groups in total. The fourth-order valence-electron chi connectivity index (χ4n) is 3.01. The molecule has 1 amide bonds. The minimum Gasteiger partial charge on any atom is -0.493 e. The van der Waals surface area contributed by atoms with E-state index in [0.717, 1.165) is 28.9 Å². The number of amides is 1. The van der Waals surface area contributed by atoms with Gasteiger partial charge in [0.25, 0.3) is 5.91 Å². The number of nitrogens with two attached hydrogens (primary N) is 1. The Labute approximate surface area is 161 Å². The van der Waals surface area contributed by atoms with Crippen molar-refractivity contribution >= 4 is 15.9 Å². The summed E-state index contributed by atoms with van der Waals surface area (Å²) >= 11 is 0. The van der Waals surface area contributed by atoms with Gasteiger partial charge in [0.2, 0.25) is 10.0 Å². The van der Waals surface area contributed by atoms with Gasteiger partial charge in [-0.1, -0.05) is 12.1 Å². The van der Waals surface area contributed by atoms with Crippen molar-refractivity contribution < 1.29 is 17.9 Å². The number of rotatable bonds is 5. The summed E-state index contributed by atoms with van der Waals surface area (Å²) in [5.41, 5.74) is 3.82. The quantitative estimate of drug-likeness (QED) is 0.601. The molecule has 2 heterocycles. The highest BCUT2D eigenvalue weighted by Crippen LogP contribution is 2.29. The van der Waals surface area contributed by atoms with Crippen LogP contribution in [0.25, 0.3) is 11.3 Å². The first kappa shape index (κ1) is 18.2. The molecule has 0 radical (unpaired) electrons. The highest BCUT2D eigenvalue weighted by Gasteiger charge is 2.15. The van der Waals surface area contributed by atoms with Crippen LogP contribution in [0, 0.1) is 0 Å². The van der Waals surface area contributed by atoms with Crippen LogP contribution in [0.5, 0.6) is 5.75 Å². The van der Waals surface area contributed by atoms with Crippen molar-refractivity contribution in [2.75, 3.05) is 6.61 Å². The Morgan fingerprint density at radius 3 is 2.71 bits per heavy atom. The molecule has 0 aliphatic carbocycles. The van der Waals surface area contributed by atoms with E-state index in [1.807, 2.05) is 18.2 Å². The molecule has 9 heteroatoms. The Balaban J connectivity index is 1.42. The second-order valence-corrected chi connectivity index (χ2v) is 8.02. The van der Waals surface area contributed by atoms with Crippen molar-refractivity contribution in [2.45, 2.75) is 17.9 Å². The van der Waals surface area contributed by atoms with Crippen LogP contribution in [0.3, 0.4) is 0 Å². The van der Waals surface area contributed by atoms with E-state index in [9.17, 15) is 13.2 Å². The molecule has 0 spiro atoms. The molecule has 0 fully saturated rings. The van der Waals surface area contributed by atoms with Gasteiger partial charge in [-0.15, -0.1) is 0 Å². The molecule has 0 saturated heterocycles. The molecule has 8 nitrogen and oxygen atoms in total. The van der Waals surface area contributed by atoms with Gasteiger partial charge < -0.3 is 10.1 Å². The lowest BCUT2D eigenvalue weighted by atomic mass is 10.1. The highest BCUT2D eigenvalue weighted by atomic mass is 32.2. The molecule has 144 valence electrons. The fraction of sp³-hybridized carbons (Fsp3) is 0.158. The number of benzene rings is 2. The third-order valence-electron chi connectivity index (χ3n) is 4.51. The SMILES string of the molecule is NS(=O)(=O)c1ccc(CNC(=O)c2cc(-c3ccc4c(c3)CCO4)n[nH]2)cc1. The molecule has 0 atom stereocenters. The first-order valence-corrected chi connectivity index (χ1v) is 10.2. The first-order chi connectivity index (χ1) is 13.4. The predicted molar refractivity (Wildman–Crippen MR) is 102 cm³/mol. The highest BCUT2D eigenvalue weighted by molar-refractivity contribution is 7.89. The molecule has 1 aliphatic rings. The molecule has 0 bridgehead atoms. The third-order valence-corrected chi connectivity index (χ3v) is 5.44. The zero-order valence-corrected chi connectivity index (χ0v) is 15.6. The van der Waals surface area contributed by atoms with Crippen LogP contribution in [0.4, 0.5) is 0 Å². The van der Waals surface area contributed by atoms with Crippen molar-refractivity contribution in [3.8, 4) is 17.0 Å². The largest absolute Gasteiger partial charge is 0.493 e. The Hall–Kier alpha value is -3.17. The number of fused-ring (bicyclic) bond motifs is 1. The number of hydrogen-bond donors (Lipinski definition) is 3. The molecule has 0 saturated carbocycles. The summed E-state index contributed by atoms with van der Waals surface area (Å²) in [5, 5.41) is 14.8. The van der Waals surface area contributed by atoms with Crippen LogP contribution in [0.2, 0.25) is 0 Å². The topological polar surface area (TPSA) is 127 Å². The van der Waals surface area contributed by atoms with Gasteiger partial charge in [-0.25, -0.2) is 13.6 Å². The standard InChI is InChI=1S/C19H18N4O4S/c20-28(25,26)15-4-1-12(2-5-15)11-21-19(24)17-10-16(22-23-17)13-3-6-18-14(9-13)7-8-27-18/h1-6,9-10H,7-8,11H2,(H,21,24)(H,22,23)(H2,20,25,26). The van der Waals surface area contributed by atoms with Gasteiger partial charge in [0.1, 0.15) is 11.4 Å². The van der Waals surface area contributed by atoms with Crippen molar-refractivity contribution in [1.82, 2.24) is 15.5 Å². The zero-order valence-electron chi connectivity index (χ0n) is 14.8. The van der Waals surface area contributed by atoms with Gasteiger partial charge >= 0.3 is 0 Å². The summed E-state index contributed by atoms with van der Waals surface area (Å²) in [7, 11) is -3.73. The maximum atomic E-state index is 12.4. The molecule has 4 rings (SSSR count). The molecule has 1 aliphatic heterocycles. The molecule has 2 aromatic carbocycles. The van der Waals surface area contributed by atoms with E-state index in [1.54, 1.807) is 18.2 Å². The van der Waals surface area contributed by atoms with Crippen LogP contribution in [-0.2, 0) is 23.0 Å². The van der Waals surface area contributed by atoms with Crippen LogP contribution >= 0.6 is 0 Å². The summed E-state index contributed by atoms with van der Waals surface area (Å²) < 4.78 is 28.0. The normalized spacial score (nSPS) is 13.0. The summed E-state index contributed by atoms with van der Waals surface area (Å²) in [6, 6.07) is 13.6. The molecule has 28 heavy (non-hydrogen) atoms.